The van der Waals surface area contributed by atoms with Gasteiger partial charge in [0, 0.05) is 26.2 Å². The zero-order valence-corrected chi connectivity index (χ0v) is 14.3. The number of nitrogens with zero attached hydrogens (tertiary/aromatic N) is 1. The molecule has 1 aromatic carbocycles. The van der Waals surface area contributed by atoms with Crippen molar-refractivity contribution in [2.75, 3.05) is 43.0 Å². The lowest BCUT2D eigenvalue weighted by Crippen LogP contribution is -2.37. The summed E-state index contributed by atoms with van der Waals surface area (Å²) in [7, 11) is 0. The number of hydrogen-bond donors (Lipinski definition) is 3. The van der Waals surface area contributed by atoms with Crippen LogP contribution in [0.4, 0.5) is 11.4 Å². The maximum atomic E-state index is 12.0. The van der Waals surface area contributed by atoms with E-state index in [0.717, 1.165) is 43.9 Å². The Morgan fingerprint density at radius 1 is 1.12 bits per heavy atom. The molecule has 0 bridgehead atoms. The number of carbonyl (C=O) groups is 1. The molecule has 5 heteroatoms. The van der Waals surface area contributed by atoms with Crippen LogP contribution < -0.4 is 15.5 Å². The molecule has 3 N–H and O–H groups in total. The second-order valence-electron chi connectivity index (χ2n) is 7.08. The molecular formula is C19H29N3O2. The van der Waals surface area contributed by atoms with Gasteiger partial charge in [-0.2, -0.15) is 0 Å². The van der Waals surface area contributed by atoms with Crippen molar-refractivity contribution in [1.82, 2.24) is 5.32 Å². The zero-order chi connectivity index (χ0) is 16.8. The smallest absolute Gasteiger partial charge is 0.239 e. The summed E-state index contributed by atoms with van der Waals surface area (Å²) in [5.74, 6) is 1.18. The van der Waals surface area contributed by atoms with Crippen LogP contribution in [0.25, 0.3) is 0 Å². The van der Waals surface area contributed by atoms with Gasteiger partial charge in [-0.15, -0.1) is 0 Å². The summed E-state index contributed by atoms with van der Waals surface area (Å²) in [5.41, 5.74) is 2.17. The molecule has 0 aromatic heterocycles. The third-order valence-electron chi connectivity index (χ3n) is 5.37. The first kappa shape index (κ1) is 17.1. The summed E-state index contributed by atoms with van der Waals surface area (Å²) in [6.07, 6.45) is 5.85. The second kappa shape index (κ2) is 8.38. The second-order valence-corrected chi connectivity index (χ2v) is 7.08. The van der Waals surface area contributed by atoms with E-state index in [2.05, 4.69) is 21.6 Å². The summed E-state index contributed by atoms with van der Waals surface area (Å²) in [6.45, 7) is 3.33. The van der Waals surface area contributed by atoms with E-state index in [-0.39, 0.29) is 12.5 Å². The fraction of sp³-hybridized carbons (Fsp3) is 0.632. The monoisotopic (exact) mass is 331 g/mol. The minimum atomic E-state index is 0.0655. The molecule has 0 atom stereocenters. The number of piperidine rings is 1. The summed E-state index contributed by atoms with van der Waals surface area (Å²) in [6, 6.07) is 8.18. The number of benzene rings is 1. The van der Waals surface area contributed by atoms with Crippen LogP contribution in [0, 0.1) is 11.8 Å². The van der Waals surface area contributed by atoms with Gasteiger partial charge in [0.25, 0.3) is 0 Å². The number of aliphatic hydroxyl groups is 1. The third-order valence-corrected chi connectivity index (χ3v) is 5.37. The standard InChI is InChI=1S/C19H29N3O2/c23-14-16-8-10-22(11-9-16)18-7-2-1-6-17(18)20-13-19(24)21-12-15-4-3-5-15/h1-2,6-7,15-16,20,23H,3-5,8-14H2,(H,21,24). The molecule has 24 heavy (non-hydrogen) atoms. The van der Waals surface area contributed by atoms with Crippen molar-refractivity contribution in [1.29, 1.82) is 0 Å². The van der Waals surface area contributed by atoms with Gasteiger partial charge in [0.05, 0.1) is 17.9 Å². The van der Waals surface area contributed by atoms with Crippen molar-refractivity contribution in [2.24, 2.45) is 11.8 Å². The predicted molar refractivity (Wildman–Crippen MR) is 97.3 cm³/mol. The molecule has 2 fully saturated rings. The van der Waals surface area contributed by atoms with E-state index < -0.39 is 0 Å². The normalized spacial score (nSPS) is 19.0. The van der Waals surface area contributed by atoms with Crippen LogP contribution in [-0.2, 0) is 4.79 Å². The van der Waals surface area contributed by atoms with Gasteiger partial charge in [-0.05, 0) is 49.7 Å². The first-order valence-corrected chi connectivity index (χ1v) is 9.21. The lowest BCUT2D eigenvalue weighted by Gasteiger charge is -2.34. The van der Waals surface area contributed by atoms with E-state index in [4.69, 9.17) is 0 Å². The largest absolute Gasteiger partial charge is 0.396 e. The van der Waals surface area contributed by atoms with E-state index in [9.17, 15) is 9.90 Å². The number of aliphatic hydroxyl groups excluding tert-OH is 1. The molecule has 0 unspecified atom stereocenters. The molecule has 2 aliphatic rings. The van der Waals surface area contributed by atoms with E-state index in [0.29, 0.717) is 18.4 Å². The van der Waals surface area contributed by atoms with E-state index in [1.165, 1.54) is 19.3 Å². The summed E-state index contributed by atoms with van der Waals surface area (Å²) < 4.78 is 0. The number of para-hydroxylation sites is 2. The van der Waals surface area contributed by atoms with Gasteiger partial charge >= 0.3 is 0 Å². The summed E-state index contributed by atoms with van der Waals surface area (Å²) in [4.78, 5) is 14.4. The highest BCUT2D eigenvalue weighted by Gasteiger charge is 2.21. The lowest BCUT2D eigenvalue weighted by atomic mass is 9.85. The quantitative estimate of drug-likeness (QED) is 0.717. The van der Waals surface area contributed by atoms with Crippen molar-refractivity contribution in [2.45, 2.75) is 32.1 Å². The van der Waals surface area contributed by atoms with Crippen LogP contribution in [0.1, 0.15) is 32.1 Å². The zero-order valence-electron chi connectivity index (χ0n) is 14.3. The molecule has 132 valence electrons. The maximum absolute atomic E-state index is 12.0. The van der Waals surface area contributed by atoms with Crippen molar-refractivity contribution in [3.8, 4) is 0 Å². The van der Waals surface area contributed by atoms with Gasteiger partial charge in [0.2, 0.25) is 5.91 Å². The van der Waals surface area contributed by atoms with Gasteiger partial charge in [0.1, 0.15) is 0 Å². The molecule has 1 saturated carbocycles. The Kier molecular flexibility index (Phi) is 5.96. The molecule has 1 aromatic rings. The fourth-order valence-electron chi connectivity index (χ4n) is 3.45. The Bertz CT molecular complexity index is 537. The number of carbonyl (C=O) groups excluding carboxylic acids is 1. The van der Waals surface area contributed by atoms with Gasteiger partial charge in [-0.3, -0.25) is 4.79 Å². The highest BCUT2D eigenvalue weighted by Crippen LogP contribution is 2.29. The predicted octanol–water partition coefficient (Wildman–Crippen LogP) is 2.22. The Balaban J connectivity index is 1.51. The van der Waals surface area contributed by atoms with Crippen LogP contribution in [-0.4, -0.2) is 43.8 Å². The molecular weight excluding hydrogens is 302 g/mol. The number of amides is 1. The number of hydrogen-bond acceptors (Lipinski definition) is 4. The van der Waals surface area contributed by atoms with Crippen molar-refractivity contribution >= 4 is 17.3 Å². The number of nitrogens with one attached hydrogen (secondary N) is 2. The number of anilines is 2. The molecule has 3 rings (SSSR count). The minimum Gasteiger partial charge on any atom is -0.396 e. The average molecular weight is 331 g/mol. The van der Waals surface area contributed by atoms with Gasteiger partial charge < -0.3 is 20.6 Å². The van der Waals surface area contributed by atoms with Gasteiger partial charge in [0.15, 0.2) is 0 Å². The van der Waals surface area contributed by atoms with Crippen molar-refractivity contribution < 1.29 is 9.90 Å². The Morgan fingerprint density at radius 2 is 1.88 bits per heavy atom. The Labute approximate surface area is 144 Å². The first-order valence-electron chi connectivity index (χ1n) is 9.21. The average Bonchev–Trinajstić information content (AvgIpc) is 2.59. The van der Waals surface area contributed by atoms with E-state index >= 15 is 0 Å². The van der Waals surface area contributed by atoms with E-state index in [1.54, 1.807) is 0 Å². The topological polar surface area (TPSA) is 64.6 Å². The number of rotatable bonds is 7. The first-order chi connectivity index (χ1) is 11.8. The highest BCUT2D eigenvalue weighted by molar-refractivity contribution is 5.82. The molecule has 1 saturated heterocycles. The third kappa shape index (κ3) is 4.41. The van der Waals surface area contributed by atoms with Gasteiger partial charge in [-0.1, -0.05) is 18.6 Å². The molecule has 1 aliphatic carbocycles. The Hall–Kier alpha value is -1.75. The molecule has 1 heterocycles. The highest BCUT2D eigenvalue weighted by atomic mass is 16.3. The van der Waals surface area contributed by atoms with E-state index in [1.807, 2.05) is 18.2 Å². The van der Waals surface area contributed by atoms with Crippen LogP contribution in [0.3, 0.4) is 0 Å². The molecule has 5 nitrogen and oxygen atoms in total. The SMILES string of the molecule is O=C(CNc1ccccc1N1CCC(CO)CC1)NCC1CCC1. The maximum Gasteiger partial charge on any atom is 0.239 e. The van der Waals surface area contributed by atoms with Crippen molar-refractivity contribution in [3.63, 3.8) is 0 Å². The van der Waals surface area contributed by atoms with Crippen LogP contribution in [0.2, 0.25) is 0 Å². The lowest BCUT2D eigenvalue weighted by molar-refractivity contribution is -0.119. The Morgan fingerprint density at radius 3 is 2.54 bits per heavy atom. The molecule has 0 radical (unpaired) electrons. The van der Waals surface area contributed by atoms with Crippen molar-refractivity contribution in [3.05, 3.63) is 24.3 Å². The van der Waals surface area contributed by atoms with Gasteiger partial charge in [-0.25, -0.2) is 0 Å². The summed E-state index contributed by atoms with van der Waals surface area (Å²) >= 11 is 0. The molecule has 0 spiro atoms. The molecule has 1 amide bonds. The molecule has 1 aliphatic heterocycles. The van der Waals surface area contributed by atoms with Crippen LogP contribution >= 0.6 is 0 Å². The summed E-state index contributed by atoms with van der Waals surface area (Å²) in [5, 5.41) is 15.6. The minimum absolute atomic E-state index is 0.0655. The fourth-order valence-corrected chi connectivity index (χ4v) is 3.45. The van der Waals surface area contributed by atoms with Crippen LogP contribution in [0.5, 0.6) is 0 Å². The van der Waals surface area contributed by atoms with Crippen LogP contribution in [0.15, 0.2) is 24.3 Å².